The summed E-state index contributed by atoms with van der Waals surface area (Å²) in [5, 5.41) is 15.9. The SMILES string of the molecule is CC[C@H]1c2cc3[n-]c(c(CC(=O)OC)c4nc(cc5[n-]c(cc(n2)[C@@H]1C)c(C(C)=O)c5C)[C@@H](C)[C@@H]4CCC(=O)O)c(C(=O)NCCNCCN)c3C.[Pd+2]. The van der Waals surface area contributed by atoms with E-state index in [2.05, 4.69) is 24.5 Å². The summed E-state index contributed by atoms with van der Waals surface area (Å²) in [7, 11) is 1.29. The Hall–Kier alpha value is -4.22. The summed E-state index contributed by atoms with van der Waals surface area (Å²) in [6.45, 7) is 13.3. The predicted molar refractivity (Wildman–Crippen MR) is 198 cm³/mol. The average molecular weight is 818 g/mol. The molecule has 0 fully saturated rings. The van der Waals surface area contributed by atoms with Gasteiger partial charge in [0.05, 0.1) is 13.5 Å². The number of ether oxygens (including phenoxy) is 1. The molecule has 2 aliphatic heterocycles. The molecule has 3 aromatic heterocycles. The number of methoxy groups -OCH3 is 1. The fourth-order valence-electron chi connectivity index (χ4n) is 7.54. The monoisotopic (exact) mass is 817 g/mol. The van der Waals surface area contributed by atoms with E-state index in [1.807, 2.05) is 39.0 Å². The molecule has 13 nitrogen and oxygen atoms in total. The van der Waals surface area contributed by atoms with Crippen LogP contribution in [0.2, 0.25) is 0 Å². The molecule has 3 aromatic rings. The first-order chi connectivity index (χ1) is 24.8. The smallest absolute Gasteiger partial charge is 0.657 e. The van der Waals surface area contributed by atoms with Crippen molar-refractivity contribution in [2.45, 2.75) is 90.9 Å². The van der Waals surface area contributed by atoms with E-state index >= 15 is 0 Å². The van der Waals surface area contributed by atoms with Gasteiger partial charge in [-0.05, 0) is 39.2 Å². The van der Waals surface area contributed by atoms with Crippen molar-refractivity contribution in [3.8, 4) is 0 Å². The summed E-state index contributed by atoms with van der Waals surface area (Å²) < 4.78 is 5.15. The zero-order chi connectivity index (χ0) is 37.9. The zero-order valence-corrected chi connectivity index (χ0v) is 32.9. The number of esters is 1. The van der Waals surface area contributed by atoms with E-state index in [1.54, 1.807) is 0 Å². The van der Waals surface area contributed by atoms with Crippen molar-refractivity contribution in [3.63, 3.8) is 0 Å². The summed E-state index contributed by atoms with van der Waals surface area (Å²) in [4.78, 5) is 72.3. The van der Waals surface area contributed by atoms with E-state index in [0.29, 0.717) is 87.5 Å². The summed E-state index contributed by atoms with van der Waals surface area (Å²) in [5.74, 6) is -2.69. The fraction of sp³-hybridized carbons (Fsp3) is 0.487. The number of nitrogens with two attached hydrogens (primary N) is 1. The second kappa shape index (κ2) is 17.7. The van der Waals surface area contributed by atoms with Gasteiger partial charge < -0.3 is 36.2 Å². The Morgan fingerprint density at radius 3 is 2.15 bits per heavy atom. The Bertz CT molecular complexity index is 2050. The van der Waals surface area contributed by atoms with Crippen LogP contribution in [0.1, 0.15) is 131 Å². The first-order valence-corrected chi connectivity index (χ1v) is 18.0. The van der Waals surface area contributed by atoms with Gasteiger partial charge in [-0.3, -0.25) is 29.1 Å². The normalized spacial score (nSPS) is 18.0. The molecule has 0 radical (unpaired) electrons. The minimum absolute atomic E-state index is 0. The van der Waals surface area contributed by atoms with Gasteiger partial charge in [-0.15, -0.1) is 22.1 Å². The molecule has 0 saturated heterocycles. The van der Waals surface area contributed by atoms with Crippen LogP contribution in [-0.2, 0) is 41.2 Å². The average Bonchev–Trinajstić information content (AvgIpc) is 3.78. The van der Waals surface area contributed by atoms with Gasteiger partial charge in [-0.2, -0.15) is 0 Å². The number of aromatic nitrogens is 4. The molecule has 286 valence electrons. The molecule has 8 bridgehead atoms. The van der Waals surface area contributed by atoms with E-state index in [1.165, 1.54) is 14.0 Å². The van der Waals surface area contributed by atoms with Gasteiger partial charge >= 0.3 is 32.4 Å². The second-order valence-electron chi connectivity index (χ2n) is 13.8. The van der Waals surface area contributed by atoms with E-state index in [4.69, 9.17) is 30.4 Å². The van der Waals surface area contributed by atoms with Gasteiger partial charge in [0.25, 0.3) is 0 Å². The number of amides is 1. The Balaban J connectivity index is 0.00000627. The number of fused-ring (bicyclic) bond motifs is 8. The van der Waals surface area contributed by atoms with Crippen LogP contribution >= 0.6 is 0 Å². The van der Waals surface area contributed by atoms with Crippen molar-refractivity contribution in [3.05, 3.63) is 68.8 Å². The first kappa shape index (κ1) is 41.5. The number of hydrogen-bond donors (Lipinski definition) is 4. The summed E-state index contributed by atoms with van der Waals surface area (Å²) >= 11 is 0. The quantitative estimate of drug-likeness (QED) is 0.0820. The predicted octanol–water partition coefficient (Wildman–Crippen LogP) is 4.43. The van der Waals surface area contributed by atoms with Crippen molar-refractivity contribution >= 4 is 45.7 Å². The number of carboxylic acid groups (broad SMARTS) is 1. The molecule has 2 aliphatic rings. The van der Waals surface area contributed by atoms with Crippen LogP contribution in [0.15, 0.2) is 18.2 Å². The molecule has 0 spiro atoms. The Morgan fingerprint density at radius 1 is 0.887 bits per heavy atom. The molecule has 53 heavy (non-hydrogen) atoms. The van der Waals surface area contributed by atoms with Crippen molar-refractivity contribution < 1.29 is 49.4 Å². The van der Waals surface area contributed by atoms with Crippen LogP contribution in [0.3, 0.4) is 0 Å². The number of carbonyl (C=O) groups is 4. The van der Waals surface area contributed by atoms with E-state index in [0.717, 1.165) is 17.8 Å². The molecule has 5 N–H and O–H groups in total. The number of nitrogens with zero attached hydrogens (tertiary/aromatic N) is 4. The molecule has 1 amide bonds. The van der Waals surface area contributed by atoms with Gasteiger partial charge in [0.1, 0.15) is 0 Å². The maximum absolute atomic E-state index is 14.1. The summed E-state index contributed by atoms with van der Waals surface area (Å²) in [6, 6.07) is 5.63. The van der Waals surface area contributed by atoms with Crippen LogP contribution in [0.5, 0.6) is 0 Å². The maximum Gasteiger partial charge on any atom is 2.00 e. The molecular weight excluding hydrogens is 769 g/mol. The van der Waals surface area contributed by atoms with Crippen molar-refractivity contribution in [2.24, 2.45) is 5.73 Å². The minimum atomic E-state index is -0.966. The third kappa shape index (κ3) is 8.62. The number of carboxylic acids is 1. The van der Waals surface area contributed by atoms with Gasteiger partial charge in [-0.25, -0.2) is 0 Å². The summed E-state index contributed by atoms with van der Waals surface area (Å²) in [5.41, 5.74) is 12.7. The van der Waals surface area contributed by atoms with Crippen molar-refractivity contribution in [1.29, 1.82) is 0 Å². The number of carbonyl (C=O) groups excluding carboxylic acids is 3. The molecule has 14 heteroatoms. The van der Waals surface area contributed by atoms with Gasteiger partial charge in [0, 0.05) is 90.2 Å². The number of rotatable bonds is 13. The molecule has 5 heterocycles. The first-order valence-electron chi connectivity index (χ1n) is 18.0. The Labute approximate surface area is 323 Å². The number of ketones is 1. The van der Waals surface area contributed by atoms with Crippen LogP contribution in [-0.4, -0.2) is 72.0 Å². The molecule has 0 unspecified atom stereocenters. The number of aryl methyl sites for hydroxylation is 2. The minimum Gasteiger partial charge on any atom is -0.657 e. The third-order valence-corrected chi connectivity index (χ3v) is 10.5. The van der Waals surface area contributed by atoms with Crippen LogP contribution < -0.4 is 26.3 Å². The number of hydrogen-bond acceptors (Lipinski definition) is 9. The number of nitrogens with one attached hydrogen (secondary N) is 2. The molecule has 0 aromatic carbocycles. The van der Waals surface area contributed by atoms with Gasteiger partial charge in [0.15, 0.2) is 5.78 Å². The second-order valence-corrected chi connectivity index (χ2v) is 13.8. The number of aliphatic carboxylic acids is 1. The number of Topliss-reactive ketones (excluding diaryl/α,β-unsaturated/α-hetero) is 1. The van der Waals surface area contributed by atoms with Crippen molar-refractivity contribution in [2.75, 3.05) is 33.3 Å². The van der Waals surface area contributed by atoms with Gasteiger partial charge in [-0.1, -0.05) is 50.1 Å². The van der Waals surface area contributed by atoms with Crippen LogP contribution in [0, 0.1) is 13.8 Å². The Morgan fingerprint density at radius 2 is 1.51 bits per heavy atom. The molecular formula is C39H49N7O6Pd. The van der Waals surface area contributed by atoms with Crippen molar-refractivity contribution in [1.82, 2.24) is 30.6 Å². The van der Waals surface area contributed by atoms with Gasteiger partial charge in [0.2, 0.25) is 5.91 Å². The van der Waals surface area contributed by atoms with E-state index < -0.39 is 17.9 Å². The molecule has 4 atom stereocenters. The molecule has 0 aliphatic carbocycles. The molecule has 5 rings (SSSR count). The fourth-order valence-corrected chi connectivity index (χ4v) is 7.54. The van der Waals surface area contributed by atoms with Crippen LogP contribution in [0.4, 0.5) is 0 Å². The van der Waals surface area contributed by atoms with E-state index in [-0.39, 0.29) is 69.1 Å². The zero-order valence-electron chi connectivity index (χ0n) is 31.4. The maximum atomic E-state index is 14.1. The van der Waals surface area contributed by atoms with Crippen LogP contribution in [0.25, 0.3) is 22.1 Å². The largest absolute Gasteiger partial charge is 2.00 e. The summed E-state index contributed by atoms with van der Waals surface area (Å²) in [6.07, 6.45) is 0.620. The Kier molecular flexibility index (Phi) is 13.9. The topological polar surface area (TPSA) is 202 Å². The van der Waals surface area contributed by atoms with E-state index in [9.17, 15) is 24.3 Å². The third-order valence-electron chi connectivity index (χ3n) is 10.5. The molecule has 0 saturated carbocycles. The standard InChI is InChI=1S/C39H51N7O6.Pd/c1-8-24-19(2)27-18-32-35(23(6)47)21(4)29(44-32)16-28-20(3)25(9-10-33(48)49)37(45-28)26(15-34(50)52-7)38-36(39(51)42-14-13-41-12-11-40)22(5)30(46-38)17-31(24)43-27;/h16-20,24-25,41H,8-15,40H2,1-7H3,(H4,42,43,44,45,46,47,48,49,51);/q;+2/p-2/t19-,20+,24-,25+;/m1./s1.